The Labute approximate surface area is 196 Å². The summed E-state index contributed by atoms with van der Waals surface area (Å²) in [6, 6.07) is 5.01. The monoisotopic (exact) mass is 493 g/mol. The molecule has 0 bridgehead atoms. The third kappa shape index (κ3) is 4.75. The molecule has 1 saturated heterocycles. The van der Waals surface area contributed by atoms with Crippen molar-refractivity contribution in [1.82, 2.24) is 15.2 Å². The average molecular weight is 494 g/mol. The smallest absolute Gasteiger partial charge is 0.407 e. The number of aromatic nitrogens is 1. The SMILES string of the molecule is CCS(=O)(=O)c1ccc(CNC(=O)c2cc3c(s2)C2(CCN(C(=O)O)CC2)O[C@@H](C)C3)nc1. The van der Waals surface area contributed by atoms with E-state index in [-0.39, 0.29) is 29.2 Å². The molecule has 0 aromatic carbocycles. The van der Waals surface area contributed by atoms with Crippen molar-refractivity contribution in [3.63, 3.8) is 0 Å². The molecule has 2 aliphatic heterocycles. The zero-order valence-electron chi connectivity index (χ0n) is 18.5. The molecule has 0 saturated carbocycles. The maximum Gasteiger partial charge on any atom is 0.407 e. The van der Waals surface area contributed by atoms with Gasteiger partial charge in [0.25, 0.3) is 5.91 Å². The number of carbonyl (C=O) groups excluding carboxylic acids is 1. The number of hydrogen-bond acceptors (Lipinski definition) is 7. The fourth-order valence-corrected chi connectivity index (χ4v) is 6.52. The van der Waals surface area contributed by atoms with E-state index in [1.54, 1.807) is 13.0 Å². The lowest BCUT2D eigenvalue weighted by molar-refractivity contribution is -0.128. The van der Waals surface area contributed by atoms with Crippen LogP contribution < -0.4 is 5.32 Å². The third-order valence-electron chi connectivity index (χ3n) is 6.19. The standard InChI is InChI=1S/C22H27N3O6S2/c1-3-33(29,30)17-5-4-16(23-13-17)12-24-20(26)18-11-15-10-14(2)31-22(19(15)32-18)6-8-25(9-7-22)21(27)28/h4-5,11,13-14H,3,6-10,12H2,1-2H3,(H,24,26)(H,27,28)/t14-/m0/s1. The molecule has 2 N–H and O–H groups in total. The first-order chi connectivity index (χ1) is 15.6. The largest absolute Gasteiger partial charge is 0.465 e. The van der Waals surface area contributed by atoms with E-state index in [4.69, 9.17) is 4.74 Å². The average Bonchev–Trinajstić information content (AvgIpc) is 3.23. The molecule has 0 unspecified atom stereocenters. The second-order valence-electron chi connectivity index (χ2n) is 8.43. The first kappa shape index (κ1) is 23.7. The van der Waals surface area contributed by atoms with Crippen molar-refractivity contribution in [3.05, 3.63) is 45.4 Å². The van der Waals surface area contributed by atoms with Crippen LogP contribution in [-0.4, -0.2) is 60.4 Å². The predicted octanol–water partition coefficient (Wildman–Crippen LogP) is 2.80. The molecule has 0 aliphatic carbocycles. The van der Waals surface area contributed by atoms with Gasteiger partial charge in [0, 0.05) is 24.2 Å². The Morgan fingerprint density at radius 1 is 1.33 bits per heavy atom. The van der Waals surface area contributed by atoms with Crippen LogP contribution in [0.1, 0.15) is 52.5 Å². The van der Waals surface area contributed by atoms with Crippen molar-refractivity contribution in [1.29, 1.82) is 0 Å². The minimum Gasteiger partial charge on any atom is -0.465 e. The van der Waals surface area contributed by atoms with Crippen LogP contribution in [0.4, 0.5) is 4.79 Å². The molecular weight excluding hydrogens is 466 g/mol. The van der Waals surface area contributed by atoms with Crippen LogP contribution in [0, 0.1) is 0 Å². The van der Waals surface area contributed by atoms with E-state index in [0.29, 0.717) is 42.9 Å². The number of carbonyl (C=O) groups is 2. The zero-order valence-corrected chi connectivity index (χ0v) is 20.2. The lowest BCUT2D eigenvalue weighted by Crippen LogP contribution is -2.49. The number of amides is 2. The summed E-state index contributed by atoms with van der Waals surface area (Å²) in [5.74, 6) is -0.223. The molecule has 4 heterocycles. The number of pyridine rings is 1. The maximum absolute atomic E-state index is 12.9. The fourth-order valence-electron chi connectivity index (χ4n) is 4.40. The first-order valence-electron chi connectivity index (χ1n) is 10.9. The highest BCUT2D eigenvalue weighted by atomic mass is 32.2. The van der Waals surface area contributed by atoms with E-state index in [1.807, 2.05) is 13.0 Å². The number of ether oxygens (including phenoxy) is 1. The van der Waals surface area contributed by atoms with Crippen molar-refractivity contribution in [2.24, 2.45) is 0 Å². The molecule has 4 rings (SSSR count). The van der Waals surface area contributed by atoms with Gasteiger partial charge in [0.15, 0.2) is 9.84 Å². The van der Waals surface area contributed by atoms with E-state index >= 15 is 0 Å². The van der Waals surface area contributed by atoms with Crippen LogP contribution in [0.25, 0.3) is 0 Å². The van der Waals surface area contributed by atoms with Crippen molar-refractivity contribution in [3.8, 4) is 0 Å². The summed E-state index contributed by atoms with van der Waals surface area (Å²) in [4.78, 5) is 31.5. The van der Waals surface area contributed by atoms with Gasteiger partial charge in [-0.1, -0.05) is 6.92 Å². The highest BCUT2D eigenvalue weighted by molar-refractivity contribution is 7.91. The number of nitrogens with zero attached hydrogens (tertiary/aromatic N) is 2. The fraction of sp³-hybridized carbons (Fsp3) is 0.500. The number of sulfone groups is 1. The molecule has 2 amide bonds. The van der Waals surface area contributed by atoms with E-state index in [0.717, 1.165) is 10.4 Å². The molecule has 11 heteroatoms. The molecule has 2 aliphatic rings. The highest BCUT2D eigenvalue weighted by Gasteiger charge is 2.45. The van der Waals surface area contributed by atoms with E-state index in [1.165, 1.54) is 28.5 Å². The minimum atomic E-state index is -3.31. The summed E-state index contributed by atoms with van der Waals surface area (Å²) in [5, 5.41) is 12.1. The van der Waals surface area contributed by atoms with Gasteiger partial charge in [-0.05, 0) is 49.9 Å². The third-order valence-corrected chi connectivity index (χ3v) is 9.27. The molecule has 33 heavy (non-hydrogen) atoms. The summed E-state index contributed by atoms with van der Waals surface area (Å²) in [6.45, 7) is 4.56. The van der Waals surface area contributed by atoms with Gasteiger partial charge in [-0.25, -0.2) is 13.2 Å². The zero-order chi connectivity index (χ0) is 23.8. The summed E-state index contributed by atoms with van der Waals surface area (Å²) in [5.41, 5.74) is 1.10. The Kier molecular flexibility index (Phi) is 6.47. The highest BCUT2D eigenvalue weighted by Crippen LogP contribution is 2.47. The topological polar surface area (TPSA) is 126 Å². The molecule has 2 aromatic rings. The molecule has 9 nitrogen and oxygen atoms in total. The molecule has 1 atom stereocenters. The number of hydrogen-bond donors (Lipinski definition) is 2. The van der Waals surface area contributed by atoms with Gasteiger partial charge in [0.2, 0.25) is 0 Å². The Balaban J connectivity index is 1.47. The Bertz CT molecular complexity index is 1150. The van der Waals surface area contributed by atoms with E-state index in [2.05, 4.69) is 10.3 Å². The Morgan fingerprint density at radius 2 is 2.06 bits per heavy atom. The molecule has 178 valence electrons. The second-order valence-corrected chi connectivity index (χ2v) is 11.8. The predicted molar refractivity (Wildman–Crippen MR) is 122 cm³/mol. The molecule has 1 fully saturated rings. The normalized spacial score (nSPS) is 19.8. The number of likely N-dealkylation sites (tertiary alicyclic amines) is 1. The second kappa shape index (κ2) is 9.03. The van der Waals surface area contributed by atoms with Crippen LogP contribution >= 0.6 is 11.3 Å². The summed E-state index contributed by atoms with van der Waals surface area (Å²) in [6.07, 6.45) is 2.22. The van der Waals surface area contributed by atoms with Crippen LogP contribution in [0.2, 0.25) is 0 Å². The Hall–Kier alpha value is -2.50. The molecule has 1 spiro atoms. The van der Waals surface area contributed by atoms with Gasteiger partial charge in [-0.2, -0.15) is 0 Å². The van der Waals surface area contributed by atoms with Crippen molar-refractivity contribution < 1.29 is 27.9 Å². The number of thiophene rings is 1. The number of rotatable bonds is 5. The number of fused-ring (bicyclic) bond motifs is 2. The van der Waals surface area contributed by atoms with Crippen LogP contribution in [-0.2, 0) is 33.1 Å². The summed E-state index contributed by atoms with van der Waals surface area (Å²) in [7, 11) is -3.31. The molecular formula is C22H27N3O6S2. The lowest BCUT2D eigenvalue weighted by Gasteiger charge is -2.45. The van der Waals surface area contributed by atoms with Crippen molar-refractivity contribution in [2.45, 2.75) is 56.3 Å². The van der Waals surface area contributed by atoms with Crippen LogP contribution in [0.5, 0.6) is 0 Å². The van der Waals surface area contributed by atoms with Gasteiger partial charge in [0.1, 0.15) is 5.60 Å². The van der Waals surface area contributed by atoms with Crippen LogP contribution in [0.3, 0.4) is 0 Å². The molecule has 0 radical (unpaired) electrons. The summed E-state index contributed by atoms with van der Waals surface area (Å²) >= 11 is 1.40. The van der Waals surface area contributed by atoms with Gasteiger partial charge in [-0.3, -0.25) is 9.78 Å². The van der Waals surface area contributed by atoms with Gasteiger partial charge >= 0.3 is 6.09 Å². The lowest BCUT2D eigenvalue weighted by atomic mass is 9.84. The first-order valence-corrected chi connectivity index (χ1v) is 13.3. The van der Waals surface area contributed by atoms with Crippen molar-refractivity contribution >= 4 is 33.2 Å². The number of carboxylic acid groups (broad SMARTS) is 1. The van der Waals surface area contributed by atoms with E-state index < -0.39 is 21.5 Å². The number of piperidine rings is 1. The van der Waals surface area contributed by atoms with Gasteiger partial charge < -0.3 is 20.1 Å². The van der Waals surface area contributed by atoms with Gasteiger partial charge in [-0.15, -0.1) is 11.3 Å². The Morgan fingerprint density at radius 3 is 2.67 bits per heavy atom. The van der Waals surface area contributed by atoms with E-state index in [9.17, 15) is 23.1 Å². The minimum absolute atomic E-state index is 0.00592. The number of nitrogens with one attached hydrogen (secondary N) is 1. The van der Waals surface area contributed by atoms with Crippen molar-refractivity contribution in [2.75, 3.05) is 18.8 Å². The molecule has 2 aromatic heterocycles. The maximum atomic E-state index is 12.9. The summed E-state index contributed by atoms with van der Waals surface area (Å²) < 4.78 is 30.2. The quantitative estimate of drug-likeness (QED) is 0.656. The van der Waals surface area contributed by atoms with Crippen LogP contribution in [0.15, 0.2) is 29.3 Å². The van der Waals surface area contributed by atoms with Gasteiger partial charge in [0.05, 0.1) is 33.9 Å².